The Kier molecular flexibility index (Phi) is 7.18. The lowest BCUT2D eigenvalue weighted by atomic mass is 9.83. The molecule has 0 unspecified atom stereocenters. The summed E-state index contributed by atoms with van der Waals surface area (Å²) in [6.45, 7) is 9.58. The molecule has 5 heteroatoms. The zero-order valence-corrected chi connectivity index (χ0v) is 30.7. The molecule has 3 aliphatic rings. The molecule has 2 N–H and O–H groups in total. The van der Waals surface area contributed by atoms with Gasteiger partial charge in [-0.3, -0.25) is 0 Å². The summed E-state index contributed by atoms with van der Waals surface area (Å²) in [5.74, 6) is 0. The summed E-state index contributed by atoms with van der Waals surface area (Å²) in [5, 5.41) is 4.18. The molecule has 0 amide bonds. The Morgan fingerprint density at radius 1 is 0.540 bits per heavy atom. The van der Waals surface area contributed by atoms with Crippen molar-refractivity contribution < 1.29 is 4.42 Å². The van der Waals surface area contributed by atoms with Gasteiger partial charge in [0.2, 0.25) is 0 Å². The second-order valence-electron chi connectivity index (χ2n) is 14.9. The number of furan rings is 1. The minimum Gasteiger partial charge on any atom is -0.456 e. The van der Waals surface area contributed by atoms with E-state index in [1.54, 1.807) is 0 Å². The van der Waals surface area contributed by atoms with Crippen molar-refractivity contribution in [1.29, 1.82) is 0 Å². The highest BCUT2D eigenvalue weighted by Crippen LogP contribution is 2.76. The lowest BCUT2D eigenvalue weighted by Crippen LogP contribution is -2.28. The molecular weight excluding hydrogens is 648 g/mol. The molecule has 5 heterocycles. The van der Waals surface area contributed by atoms with E-state index in [9.17, 15) is 0 Å². The second-order valence-corrected chi connectivity index (χ2v) is 19.2. The summed E-state index contributed by atoms with van der Waals surface area (Å²) >= 11 is 7.30. The highest BCUT2D eigenvalue weighted by molar-refractivity contribution is 8.22. The Morgan fingerprint density at radius 2 is 0.960 bits per heavy atom. The fourth-order valence-corrected chi connectivity index (χ4v) is 15.7. The van der Waals surface area contributed by atoms with Crippen LogP contribution in [0, 0.1) is 0 Å². The zero-order valence-electron chi connectivity index (χ0n) is 29.0. The van der Waals surface area contributed by atoms with Gasteiger partial charge in [-0.1, -0.05) is 130 Å². The third kappa shape index (κ3) is 4.58. The van der Waals surface area contributed by atoms with Crippen LogP contribution < -0.4 is 16.1 Å². The fraction of sp³-hybridized carbons (Fsp3) is 0.200. The minimum absolute atomic E-state index is 0.339. The molecule has 8 bridgehead atoms. The first-order chi connectivity index (χ1) is 24.2. The lowest BCUT2D eigenvalue weighted by molar-refractivity contribution is 0.498. The Morgan fingerprint density at radius 3 is 1.40 bits per heavy atom. The van der Waals surface area contributed by atoms with Crippen molar-refractivity contribution in [3.8, 4) is 0 Å². The molecular formula is C45H41N2OPS. The molecule has 0 atom stereocenters. The van der Waals surface area contributed by atoms with Gasteiger partial charge in [0, 0.05) is 50.8 Å². The van der Waals surface area contributed by atoms with Crippen molar-refractivity contribution in [2.75, 3.05) is 0 Å². The molecule has 9 rings (SSSR count). The van der Waals surface area contributed by atoms with E-state index in [1.165, 1.54) is 38.5 Å². The quantitative estimate of drug-likeness (QED) is 0.182. The number of hydrogen-bond acceptors (Lipinski definition) is 2. The summed E-state index contributed by atoms with van der Waals surface area (Å²) in [6, 6.07) is 43.1. The first-order valence-corrected chi connectivity index (χ1v) is 20.5. The smallest absolute Gasteiger partial charge is 0.137 e. The molecule has 3 aromatic carbocycles. The monoisotopic (exact) mass is 688 g/mol. The summed E-state index contributed by atoms with van der Waals surface area (Å²) in [7, 11) is 0. The fourth-order valence-electron chi connectivity index (χ4n) is 8.94. The Balaban J connectivity index is 1.43. The Labute approximate surface area is 299 Å². The summed E-state index contributed by atoms with van der Waals surface area (Å²) in [6.07, 6.45) is 3.31. The Bertz CT molecular complexity index is 2370. The highest BCUT2D eigenvalue weighted by Gasteiger charge is 2.52. The molecule has 50 heavy (non-hydrogen) atoms. The minimum atomic E-state index is -2.45. The van der Waals surface area contributed by atoms with Crippen molar-refractivity contribution in [2.24, 2.45) is 0 Å². The van der Waals surface area contributed by atoms with Crippen molar-refractivity contribution in [3.05, 3.63) is 194 Å². The summed E-state index contributed by atoms with van der Waals surface area (Å²) in [4.78, 5) is 7.92. The zero-order chi connectivity index (χ0) is 34.3. The number of H-pyrrole nitrogens is 2. The van der Waals surface area contributed by atoms with Crippen molar-refractivity contribution >= 4 is 34.3 Å². The first-order valence-electron chi connectivity index (χ1n) is 17.7. The van der Waals surface area contributed by atoms with E-state index >= 15 is 0 Å². The van der Waals surface area contributed by atoms with Crippen LogP contribution in [0.4, 0.5) is 0 Å². The number of rotatable bonds is 3. The predicted molar refractivity (Wildman–Crippen MR) is 210 cm³/mol. The molecule has 1 saturated carbocycles. The van der Waals surface area contributed by atoms with Gasteiger partial charge in [0.25, 0.3) is 0 Å². The molecule has 248 valence electrons. The van der Waals surface area contributed by atoms with Gasteiger partial charge < -0.3 is 14.4 Å². The van der Waals surface area contributed by atoms with Crippen LogP contribution in [-0.4, -0.2) is 9.97 Å². The number of benzene rings is 3. The number of hydrogen-bond donors (Lipinski definition) is 2. The van der Waals surface area contributed by atoms with E-state index in [4.69, 9.17) is 16.2 Å². The van der Waals surface area contributed by atoms with Crippen LogP contribution >= 0.6 is 6.04 Å². The number of allylic oxidation sites excluding steroid dienone is 4. The summed E-state index contributed by atoms with van der Waals surface area (Å²) < 4.78 is 6.92. The van der Waals surface area contributed by atoms with Gasteiger partial charge in [0.15, 0.2) is 0 Å². The number of aromatic amines is 2. The number of fused-ring (bicyclic) bond motifs is 9. The van der Waals surface area contributed by atoms with Gasteiger partial charge in [-0.15, -0.1) is 0 Å². The van der Waals surface area contributed by atoms with E-state index in [0.717, 1.165) is 63.8 Å². The maximum atomic E-state index is 7.30. The molecule has 0 saturated heterocycles. The first kappa shape index (κ1) is 31.4. The second kappa shape index (κ2) is 11.5. The maximum absolute atomic E-state index is 7.30. The molecule has 0 radical (unpaired) electrons. The van der Waals surface area contributed by atoms with Crippen molar-refractivity contribution in [1.82, 2.24) is 9.97 Å². The standard InChI is InChI=1S/C45H41N2OPS/c1-44(2)38-27-23-34(46-38)40(29-15-8-5-9-16-29)36-25-26-37(48-36)41(30-17-10-6-11-18-30)35-24-28-39(47-35)45(3,4)43-33-22-14-21-32(33)42(44)49(43,50)31-19-12-7-13-20-31/h5-13,15-20,23-28,46-47H,14,21-22H2,1-4H3/b40-36-,41-37-. The van der Waals surface area contributed by atoms with Crippen molar-refractivity contribution in [2.45, 2.75) is 57.8 Å². The van der Waals surface area contributed by atoms with Gasteiger partial charge in [0.05, 0.1) is 0 Å². The average molecular weight is 689 g/mol. The SMILES string of the molecule is CC1(C)C2=C3CCCC3=C(C(C)(C)c3ccc([nH]3)/C(c3ccccc3)=c3/cc/c(o3)=C(\c3ccccc3)c3ccc1[nH]3)P2(=S)c1ccccc1. The predicted octanol–water partition coefficient (Wildman–Crippen LogP) is 9.51. The Hall–Kier alpha value is -4.63. The maximum Gasteiger partial charge on any atom is 0.137 e. The molecule has 1 aliphatic carbocycles. The molecule has 3 nitrogen and oxygen atoms in total. The lowest BCUT2D eigenvalue weighted by Gasteiger charge is -2.40. The number of nitrogens with one attached hydrogen (secondary N) is 2. The molecule has 0 spiro atoms. The van der Waals surface area contributed by atoms with E-state index in [2.05, 4.69) is 165 Å². The molecule has 1 fully saturated rings. The van der Waals surface area contributed by atoms with Gasteiger partial charge in [-0.25, -0.2) is 0 Å². The largest absolute Gasteiger partial charge is 0.456 e. The van der Waals surface area contributed by atoms with E-state index in [1.807, 2.05) is 0 Å². The van der Waals surface area contributed by atoms with Crippen LogP contribution in [0.2, 0.25) is 0 Å². The van der Waals surface area contributed by atoms with Crippen LogP contribution in [0.15, 0.2) is 154 Å². The van der Waals surface area contributed by atoms with Crippen LogP contribution in [0.1, 0.15) is 80.9 Å². The van der Waals surface area contributed by atoms with Crippen LogP contribution in [0.25, 0.3) is 11.1 Å². The van der Waals surface area contributed by atoms with E-state index < -0.39 is 6.04 Å². The van der Waals surface area contributed by atoms with Gasteiger partial charge >= 0.3 is 0 Å². The normalized spacial score (nSPS) is 23.0. The summed E-state index contributed by atoms with van der Waals surface area (Å²) in [5.41, 5.74) is 12.7. The van der Waals surface area contributed by atoms with Crippen molar-refractivity contribution in [3.63, 3.8) is 0 Å². The molecule has 3 aromatic heterocycles. The number of aromatic nitrogens is 2. The molecule has 2 aliphatic heterocycles. The van der Waals surface area contributed by atoms with E-state index in [0.29, 0.717) is 0 Å². The van der Waals surface area contributed by atoms with E-state index in [-0.39, 0.29) is 10.8 Å². The van der Waals surface area contributed by atoms with Gasteiger partial charge in [-0.05, 0) is 93.9 Å². The van der Waals surface area contributed by atoms with Crippen LogP contribution in [-0.2, 0) is 22.6 Å². The van der Waals surface area contributed by atoms with Crippen LogP contribution in [0.3, 0.4) is 0 Å². The average Bonchev–Trinajstić information content (AvgIpc) is 3.96. The van der Waals surface area contributed by atoms with Gasteiger partial charge in [-0.2, -0.15) is 0 Å². The molecule has 6 aromatic rings. The highest BCUT2D eigenvalue weighted by atomic mass is 32.4. The third-order valence-corrected chi connectivity index (χ3v) is 16.9. The third-order valence-electron chi connectivity index (χ3n) is 11.2. The topological polar surface area (TPSA) is 44.7 Å². The van der Waals surface area contributed by atoms with Gasteiger partial charge in [0.1, 0.15) is 10.8 Å². The van der Waals surface area contributed by atoms with Crippen LogP contribution in [0.5, 0.6) is 0 Å².